The van der Waals surface area contributed by atoms with Crippen molar-refractivity contribution in [3.8, 4) is 123 Å². The summed E-state index contributed by atoms with van der Waals surface area (Å²) in [7, 11) is 0. The van der Waals surface area contributed by atoms with Crippen LogP contribution in [0, 0.1) is 0 Å². The van der Waals surface area contributed by atoms with E-state index in [4.69, 9.17) is 0 Å². The SMILES string of the molecule is FC(F)(F)c1ccc(-c2ccc(-n3cc(-c4ccc(-c5ccccc5)cc4)c4cc(-c5ccc(-c6ccccc6)cc5)ccc43)cc2)cc1.FC(F)(F)c1cccc(-c2ccc(-n3cc(-c4ccc(-c5ccccc5)cc4)c4cc(-c5ccc(-c6ccccc6)cc5)ccc43)cc2)c1. The van der Waals surface area contributed by atoms with Gasteiger partial charge >= 0.3 is 12.4 Å². The first kappa shape index (κ1) is 61.9. The Balaban J connectivity index is 0.000000160. The standard InChI is InChI=1S/2C45H30F3N/c46-45(47,48)40-13-7-12-38(28-40)36-22-25-41(26-23-36)49-30-43(37-20-18-34(19-21-37)32-10-5-2-6-11-32)42-29-39(24-27-44(42)49)35-16-14-33(15-17-35)31-8-3-1-4-9-31;46-45(47,48)40-24-19-35(20-25-40)36-21-26-41(27-22-36)49-30-43(38-17-15-34(16-18-38)32-9-5-2-6-10-32)42-29-39(23-28-44(42)49)37-13-11-33(12-14-37)31-7-3-1-4-8-31/h2*1-30H. The molecule has 0 bridgehead atoms. The number of halogens is 6. The van der Waals surface area contributed by atoms with E-state index in [1.165, 1.54) is 57.6 Å². The molecule has 0 saturated carbocycles. The summed E-state index contributed by atoms with van der Waals surface area (Å²) >= 11 is 0. The van der Waals surface area contributed by atoms with Crippen molar-refractivity contribution in [3.05, 3.63) is 375 Å². The number of alkyl halides is 6. The Kier molecular flexibility index (Phi) is 16.7. The Bertz CT molecular complexity index is 5410. The van der Waals surface area contributed by atoms with Gasteiger partial charge in [0.05, 0.1) is 22.2 Å². The number of nitrogens with zero attached hydrogens (tertiary/aromatic N) is 2. The van der Waals surface area contributed by atoms with E-state index in [9.17, 15) is 26.3 Å². The van der Waals surface area contributed by atoms with E-state index in [1.807, 2.05) is 97.1 Å². The van der Waals surface area contributed by atoms with E-state index in [0.29, 0.717) is 5.56 Å². The summed E-state index contributed by atoms with van der Waals surface area (Å²) in [5.74, 6) is 0. The molecular formula is C90H60F6N2. The maximum Gasteiger partial charge on any atom is 0.416 e. The summed E-state index contributed by atoms with van der Waals surface area (Å²) in [4.78, 5) is 0. The van der Waals surface area contributed by atoms with Gasteiger partial charge in [0, 0.05) is 45.7 Å². The summed E-state index contributed by atoms with van der Waals surface area (Å²) in [5.41, 5.74) is 23.8. The fourth-order valence-corrected chi connectivity index (χ4v) is 13.0. The molecule has 0 saturated heterocycles. The quantitative estimate of drug-likeness (QED) is 0.108. The third-order valence-corrected chi connectivity index (χ3v) is 18.2. The lowest BCUT2D eigenvalue weighted by Gasteiger charge is -2.11. The number of aromatic nitrogens is 2. The van der Waals surface area contributed by atoms with Gasteiger partial charge in [-0.3, -0.25) is 0 Å². The van der Waals surface area contributed by atoms with Gasteiger partial charge in [-0.2, -0.15) is 26.3 Å². The van der Waals surface area contributed by atoms with Crippen LogP contribution in [0.1, 0.15) is 11.1 Å². The Morgan fingerprint density at radius 2 is 0.418 bits per heavy atom. The molecule has 0 atom stereocenters. The second-order valence-electron chi connectivity index (χ2n) is 24.3. The summed E-state index contributed by atoms with van der Waals surface area (Å²) in [6, 6.07) is 116. The smallest absolute Gasteiger partial charge is 0.316 e. The van der Waals surface area contributed by atoms with Crippen LogP contribution in [0.25, 0.3) is 144 Å². The number of benzene rings is 14. The maximum absolute atomic E-state index is 13.4. The first-order valence-electron chi connectivity index (χ1n) is 32.3. The Labute approximate surface area is 564 Å². The average Bonchev–Trinajstić information content (AvgIpc) is 1.61. The summed E-state index contributed by atoms with van der Waals surface area (Å²) in [5, 5.41) is 2.24. The van der Waals surface area contributed by atoms with Gasteiger partial charge in [-0.1, -0.05) is 279 Å². The molecule has 16 aromatic rings. The van der Waals surface area contributed by atoms with E-state index in [1.54, 1.807) is 6.07 Å². The van der Waals surface area contributed by atoms with E-state index in [0.717, 1.165) is 124 Å². The molecule has 14 aromatic carbocycles. The van der Waals surface area contributed by atoms with E-state index in [2.05, 4.69) is 228 Å². The van der Waals surface area contributed by atoms with E-state index in [-0.39, 0.29) is 0 Å². The molecule has 98 heavy (non-hydrogen) atoms. The fraction of sp³-hybridized carbons (Fsp3) is 0.0222. The Morgan fingerprint density at radius 3 is 0.724 bits per heavy atom. The van der Waals surface area contributed by atoms with Crippen molar-refractivity contribution in [2.45, 2.75) is 12.4 Å². The maximum atomic E-state index is 13.4. The number of hydrogen-bond acceptors (Lipinski definition) is 0. The summed E-state index contributed by atoms with van der Waals surface area (Å²) in [6.07, 6.45) is -4.41. The summed E-state index contributed by atoms with van der Waals surface area (Å²) in [6.45, 7) is 0. The first-order chi connectivity index (χ1) is 47.8. The largest absolute Gasteiger partial charge is 0.416 e. The number of fused-ring (bicyclic) bond motifs is 2. The zero-order valence-electron chi connectivity index (χ0n) is 52.8. The van der Waals surface area contributed by atoms with Gasteiger partial charge in [0.2, 0.25) is 0 Å². The van der Waals surface area contributed by atoms with Gasteiger partial charge in [0.1, 0.15) is 0 Å². The van der Waals surface area contributed by atoms with Crippen molar-refractivity contribution in [1.82, 2.24) is 9.13 Å². The van der Waals surface area contributed by atoms with Crippen molar-refractivity contribution in [2.75, 3.05) is 0 Å². The van der Waals surface area contributed by atoms with Crippen LogP contribution in [-0.2, 0) is 12.4 Å². The highest BCUT2D eigenvalue weighted by Gasteiger charge is 2.31. The molecule has 0 aliphatic rings. The van der Waals surface area contributed by atoms with Crippen LogP contribution in [0.4, 0.5) is 26.3 Å². The van der Waals surface area contributed by atoms with Gasteiger partial charge < -0.3 is 9.13 Å². The van der Waals surface area contributed by atoms with Crippen molar-refractivity contribution < 1.29 is 26.3 Å². The van der Waals surface area contributed by atoms with Crippen molar-refractivity contribution in [3.63, 3.8) is 0 Å². The average molecular weight is 1280 g/mol. The molecule has 0 amide bonds. The lowest BCUT2D eigenvalue weighted by molar-refractivity contribution is -0.138. The molecule has 0 spiro atoms. The molecule has 2 nitrogen and oxygen atoms in total. The van der Waals surface area contributed by atoms with E-state index < -0.39 is 23.5 Å². The van der Waals surface area contributed by atoms with Crippen molar-refractivity contribution in [2.24, 2.45) is 0 Å². The van der Waals surface area contributed by atoms with Crippen LogP contribution < -0.4 is 0 Å². The number of hydrogen-bond donors (Lipinski definition) is 0. The molecule has 0 aliphatic carbocycles. The minimum Gasteiger partial charge on any atom is -0.316 e. The van der Waals surface area contributed by atoms with Crippen LogP contribution in [-0.4, -0.2) is 9.13 Å². The van der Waals surface area contributed by atoms with Crippen LogP contribution in [0.5, 0.6) is 0 Å². The normalized spacial score (nSPS) is 11.6. The highest BCUT2D eigenvalue weighted by atomic mass is 19.4. The molecule has 16 rings (SSSR count). The van der Waals surface area contributed by atoms with E-state index >= 15 is 0 Å². The molecule has 8 heteroatoms. The molecule has 2 aromatic heterocycles. The van der Waals surface area contributed by atoms with Crippen LogP contribution in [0.15, 0.2) is 364 Å². The predicted octanol–water partition coefficient (Wildman–Crippen LogP) is 26.0. The minimum absolute atomic E-state index is 0.529. The zero-order valence-corrected chi connectivity index (χ0v) is 52.8. The van der Waals surface area contributed by atoms with Gasteiger partial charge in [-0.15, -0.1) is 0 Å². The van der Waals surface area contributed by atoms with Crippen LogP contribution in [0.2, 0.25) is 0 Å². The first-order valence-corrected chi connectivity index (χ1v) is 32.3. The van der Waals surface area contributed by atoms with Gasteiger partial charge in [-0.25, -0.2) is 0 Å². The molecule has 0 radical (unpaired) electrons. The van der Waals surface area contributed by atoms with Gasteiger partial charge in [0.25, 0.3) is 0 Å². The molecule has 2 heterocycles. The predicted molar refractivity (Wildman–Crippen MR) is 391 cm³/mol. The third-order valence-electron chi connectivity index (χ3n) is 18.2. The van der Waals surface area contributed by atoms with Crippen LogP contribution >= 0.6 is 0 Å². The molecule has 0 fully saturated rings. The topological polar surface area (TPSA) is 9.86 Å². The molecule has 0 aliphatic heterocycles. The van der Waals surface area contributed by atoms with Crippen molar-refractivity contribution in [1.29, 1.82) is 0 Å². The summed E-state index contributed by atoms with van der Waals surface area (Å²) < 4.78 is 83.9. The Hall–Kier alpha value is -12.3. The highest BCUT2D eigenvalue weighted by molar-refractivity contribution is 6.01. The molecule has 472 valence electrons. The highest BCUT2D eigenvalue weighted by Crippen LogP contribution is 2.41. The molecular weight excluding hydrogens is 1220 g/mol. The molecule has 0 N–H and O–H groups in total. The Morgan fingerprint density at radius 1 is 0.184 bits per heavy atom. The van der Waals surface area contributed by atoms with Crippen molar-refractivity contribution >= 4 is 21.8 Å². The molecule has 0 unspecified atom stereocenters. The van der Waals surface area contributed by atoms with Gasteiger partial charge in [0.15, 0.2) is 0 Å². The second kappa shape index (κ2) is 26.5. The minimum atomic E-state index is -4.39. The van der Waals surface area contributed by atoms with Gasteiger partial charge in [-0.05, 0) is 173 Å². The third kappa shape index (κ3) is 13.0. The number of rotatable bonds is 12. The second-order valence-corrected chi connectivity index (χ2v) is 24.3. The zero-order chi connectivity index (χ0) is 66.7. The lowest BCUT2D eigenvalue weighted by Crippen LogP contribution is -2.04. The lowest BCUT2D eigenvalue weighted by atomic mass is 9.97. The monoisotopic (exact) mass is 1280 g/mol. The fourth-order valence-electron chi connectivity index (χ4n) is 13.0. The van der Waals surface area contributed by atoms with Crippen LogP contribution in [0.3, 0.4) is 0 Å².